The van der Waals surface area contributed by atoms with E-state index in [1.165, 1.54) is 0 Å². The highest BCUT2D eigenvalue weighted by molar-refractivity contribution is 8.76. The average molecular weight is 825 g/mol. The van der Waals surface area contributed by atoms with Crippen LogP contribution in [0, 0.1) is 17.3 Å². The summed E-state index contributed by atoms with van der Waals surface area (Å²) in [6, 6.07) is 5.23. The van der Waals surface area contributed by atoms with Gasteiger partial charge < -0.3 is 19.9 Å². The van der Waals surface area contributed by atoms with Crippen molar-refractivity contribution in [2.24, 2.45) is 17.3 Å². The second-order valence-corrected chi connectivity index (χ2v) is 17.7. The highest BCUT2D eigenvalue weighted by atomic mass is 33.1. The number of aliphatic hydroxyl groups excluding tert-OH is 1. The van der Waals surface area contributed by atoms with E-state index in [-0.39, 0.29) is 30.3 Å². The third-order valence-electron chi connectivity index (χ3n) is 11.7. The number of rotatable bonds is 15. The van der Waals surface area contributed by atoms with Crippen molar-refractivity contribution in [3.05, 3.63) is 29.3 Å². The molecule has 304 valence electrons. The van der Waals surface area contributed by atoms with Gasteiger partial charge in [-0.05, 0) is 111 Å². The summed E-state index contributed by atoms with van der Waals surface area (Å²) in [7, 11) is 3.61. The van der Waals surface area contributed by atoms with Crippen molar-refractivity contribution >= 4 is 21.6 Å². The number of benzene rings is 1. The molecule has 4 aliphatic rings. The van der Waals surface area contributed by atoms with Crippen LogP contribution >= 0.6 is 21.6 Å². The molecule has 3 fully saturated rings. The molecule has 2 N–H and O–H groups in total. The number of aryl methyl sites for hydroxylation is 1. The molecule has 1 aromatic rings. The molecule has 0 aromatic heterocycles. The molecule has 4 nitrogen and oxygen atoms in total. The number of aliphatic hydroxyl groups is 1. The zero-order valence-corrected chi connectivity index (χ0v) is 30.2. The Hall–Kier alpha value is -1.31. The third kappa shape index (κ3) is 8.53. The fourth-order valence-corrected chi connectivity index (χ4v) is 11.6. The molecule has 7 atom stereocenters. The van der Waals surface area contributed by atoms with Gasteiger partial charge in [-0.2, -0.15) is 57.1 Å². The molecule has 0 bridgehead atoms. The lowest BCUT2D eigenvalue weighted by molar-refractivity contribution is -0.464. The Morgan fingerprint density at radius 1 is 0.887 bits per heavy atom. The molecular weight excluding hydrogens is 781 g/mol. The van der Waals surface area contributed by atoms with Crippen LogP contribution in [0.15, 0.2) is 18.2 Å². The minimum absolute atomic E-state index is 0.00810. The topological polar surface area (TPSA) is 50.7 Å². The molecule has 0 radical (unpaired) electrons. The number of halogens is 13. The maximum atomic E-state index is 14.8. The highest BCUT2D eigenvalue weighted by Gasteiger charge is 2.86. The SMILES string of the molecule is [2H]OC1CCC(SSCCCOc2ccc3c(c2)CCC2C3CC[C@@]3(C)C2CC[C@@H]3NCC(F)(F)C(F)(F)COC(C(F)(F)F)(C(F)(F)F)C(F)(F)F)C1. The fraction of sp³-hybridized carbons (Fsp3) is 0.824. The summed E-state index contributed by atoms with van der Waals surface area (Å²) in [5, 5.41) is 7.52. The molecule has 3 saturated carbocycles. The van der Waals surface area contributed by atoms with E-state index in [2.05, 4.69) is 15.2 Å². The van der Waals surface area contributed by atoms with Gasteiger partial charge in [0.1, 0.15) is 12.4 Å². The standard InChI is InChI=1S/C34H42F13NO3S2/c1-28-12-11-24-23-8-5-21(50-13-2-14-52-53-22-6-4-20(49)16-22)15-19(23)3-7-25(24)26(28)9-10-27(28)48-17-29(35,36)30(37,38)18-51-31(32(39,40)41,33(42,43)44)34(45,46)47/h5,8,15,20,22,24-27,48-49H,2-4,6-7,9-14,16-18H2,1H3/t20?,22?,24?,25?,26?,27-,28-/m0/s1/i49D. The van der Waals surface area contributed by atoms with Crippen molar-refractivity contribution in [1.82, 2.24) is 5.32 Å². The first-order valence-electron chi connectivity index (χ1n) is 17.9. The minimum Gasteiger partial charge on any atom is -0.494 e. The number of ether oxygens (including phenoxy) is 2. The monoisotopic (exact) mass is 824 g/mol. The van der Waals surface area contributed by atoms with Gasteiger partial charge in [-0.1, -0.05) is 34.6 Å². The zero-order chi connectivity index (χ0) is 40.0. The van der Waals surface area contributed by atoms with E-state index in [1.807, 2.05) is 35.9 Å². The normalized spacial score (nSPS) is 30.1. The fourth-order valence-electron chi connectivity index (χ4n) is 8.84. The smallest absolute Gasteiger partial charge is 0.435 e. The maximum absolute atomic E-state index is 14.8. The van der Waals surface area contributed by atoms with Gasteiger partial charge in [0.15, 0.2) is 0 Å². The number of nitrogens with one attached hydrogen (secondary N) is 1. The summed E-state index contributed by atoms with van der Waals surface area (Å²) in [6.07, 6.45) is -14.8. The van der Waals surface area contributed by atoms with E-state index in [0.29, 0.717) is 31.1 Å². The lowest BCUT2D eigenvalue weighted by Gasteiger charge is -2.51. The Bertz CT molecular complexity index is 1400. The Labute approximate surface area is 307 Å². The van der Waals surface area contributed by atoms with Crippen LogP contribution in [0.5, 0.6) is 5.75 Å². The first-order valence-corrected chi connectivity index (χ1v) is 19.8. The minimum atomic E-state index is -7.34. The van der Waals surface area contributed by atoms with Crippen LogP contribution in [0.3, 0.4) is 0 Å². The van der Waals surface area contributed by atoms with Crippen molar-refractivity contribution in [3.8, 4) is 5.75 Å². The Morgan fingerprint density at radius 2 is 1.58 bits per heavy atom. The molecule has 1 aromatic carbocycles. The molecule has 0 heterocycles. The van der Waals surface area contributed by atoms with E-state index >= 15 is 0 Å². The van der Waals surface area contributed by atoms with E-state index in [0.717, 1.165) is 61.2 Å². The predicted molar refractivity (Wildman–Crippen MR) is 173 cm³/mol. The lowest BCUT2D eigenvalue weighted by atomic mass is 9.55. The van der Waals surface area contributed by atoms with Gasteiger partial charge in [-0.25, -0.2) is 0 Å². The van der Waals surface area contributed by atoms with Gasteiger partial charge in [-0.3, -0.25) is 0 Å². The van der Waals surface area contributed by atoms with Crippen molar-refractivity contribution in [3.63, 3.8) is 0 Å². The van der Waals surface area contributed by atoms with Crippen molar-refractivity contribution in [2.45, 2.75) is 130 Å². The van der Waals surface area contributed by atoms with Crippen LogP contribution < -0.4 is 10.1 Å². The quantitative estimate of drug-likeness (QED) is 0.104. The van der Waals surface area contributed by atoms with Gasteiger partial charge in [0.2, 0.25) is 1.43 Å². The third-order valence-corrected chi connectivity index (χ3v) is 14.7. The van der Waals surface area contributed by atoms with Crippen LogP contribution in [0.1, 0.15) is 81.8 Å². The Morgan fingerprint density at radius 3 is 2.23 bits per heavy atom. The number of hydrogen-bond acceptors (Lipinski definition) is 6. The average Bonchev–Trinajstić information content (AvgIpc) is 3.66. The lowest BCUT2D eigenvalue weighted by Crippen LogP contribution is -2.69. The molecular formula is C34H42F13NO3S2. The molecule has 0 saturated heterocycles. The van der Waals surface area contributed by atoms with Gasteiger partial charge in [0.05, 0.1) is 19.3 Å². The summed E-state index contributed by atoms with van der Waals surface area (Å²) < 4.78 is 193. The van der Waals surface area contributed by atoms with Crippen LogP contribution in [0.4, 0.5) is 57.1 Å². The van der Waals surface area contributed by atoms with E-state index < -0.39 is 60.6 Å². The van der Waals surface area contributed by atoms with Crippen molar-refractivity contribution in [2.75, 3.05) is 25.5 Å². The second kappa shape index (κ2) is 15.6. The van der Waals surface area contributed by atoms with Crippen LogP contribution in [-0.4, -0.2) is 85.4 Å². The van der Waals surface area contributed by atoms with Crippen LogP contribution in [0.2, 0.25) is 0 Å². The summed E-state index contributed by atoms with van der Waals surface area (Å²) in [5.41, 5.74) is -5.45. The second-order valence-electron chi connectivity index (χ2n) is 14.9. The largest absolute Gasteiger partial charge is 0.494 e. The van der Waals surface area contributed by atoms with Gasteiger partial charge in [0.25, 0.3) is 0 Å². The zero-order valence-electron chi connectivity index (χ0n) is 29.6. The van der Waals surface area contributed by atoms with Crippen molar-refractivity contribution in [1.29, 1.82) is 1.43 Å². The Kier molecular flexibility index (Phi) is 12.1. The molecule has 5 rings (SSSR count). The molecule has 19 heteroatoms. The summed E-state index contributed by atoms with van der Waals surface area (Å²) in [4.78, 5) is 0. The van der Waals surface area contributed by atoms with E-state index in [4.69, 9.17) is 6.17 Å². The highest BCUT2D eigenvalue weighted by Crippen LogP contribution is 2.61. The summed E-state index contributed by atoms with van der Waals surface area (Å²) >= 11 is 0. The number of hydrogen-bond donors (Lipinski definition) is 2. The number of alkyl halides is 13. The van der Waals surface area contributed by atoms with Crippen LogP contribution in [0.25, 0.3) is 0 Å². The molecule has 4 aliphatic carbocycles. The van der Waals surface area contributed by atoms with Gasteiger partial charge in [-0.15, -0.1) is 0 Å². The summed E-state index contributed by atoms with van der Waals surface area (Å²) in [6.45, 7) is -3.02. The Balaban J connectivity index is 1.14. The molecule has 0 aliphatic heterocycles. The first-order chi connectivity index (χ1) is 25.0. The number of fused-ring (bicyclic) bond motifs is 5. The van der Waals surface area contributed by atoms with Gasteiger partial charge >= 0.3 is 36.0 Å². The maximum Gasteiger partial charge on any atom is 0.435 e. The molecule has 5 unspecified atom stereocenters. The van der Waals surface area contributed by atoms with Crippen molar-refractivity contribution < 1.29 is 71.7 Å². The van der Waals surface area contributed by atoms with Crippen LogP contribution in [-0.2, 0) is 11.2 Å². The van der Waals surface area contributed by atoms with Gasteiger partial charge in [0, 0.05) is 17.0 Å². The first kappa shape index (κ1) is 41.3. The molecule has 0 amide bonds. The summed E-state index contributed by atoms with van der Waals surface area (Å²) in [5.74, 6) is -9.25. The molecule has 53 heavy (non-hydrogen) atoms. The van der Waals surface area contributed by atoms with E-state index in [9.17, 15) is 57.1 Å². The molecule has 0 spiro atoms. The predicted octanol–water partition coefficient (Wildman–Crippen LogP) is 10.3. The van der Waals surface area contributed by atoms with E-state index in [1.54, 1.807) is 10.8 Å².